The lowest BCUT2D eigenvalue weighted by molar-refractivity contribution is -0.132. The summed E-state index contributed by atoms with van der Waals surface area (Å²) in [5.74, 6) is -1.20. The highest BCUT2D eigenvalue weighted by Gasteiger charge is 2.48. The molecule has 9 heteroatoms. The van der Waals surface area contributed by atoms with Gasteiger partial charge < -0.3 is 9.84 Å². The largest absolute Gasteiger partial charge is 0.507 e. The summed E-state index contributed by atoms with van der Waals surface area (Å²) in [6, 6.07) is 12.6. The van der Waals surface area contributed by atoms with E-state index in [1.165, 1.54) is 16.2 Å². The van der Waals surface area contributed by atoms with Crippen molar-refractivity contribution in [1.29, 1.82) is 0 Å². The number of carbonyl (C=O) groups excluding carboxylic acids is 2. The van der Waals surface area contributed by atoms with Crippen molar-refractivity contribution in [1.82, 2.24) is 10.2 Å². The molecule has 1 aliphatic rings. The fourth-order valence-corrected chi connectivity index (χ4v) is 4.25. The van der Waals surface area contributed by atoms with Gasteiger partial charge in [0.05, 0.1) is 18.2 Å². The maximum Gasteiger partial charge on any atom is 0.301 e. The minimum absolute atomic E-state index is 0.0238. The highest BCUT2D eigenvalue weighted by atomic mass is 35.5. The van der Waals surface area contributed by atoms with Crippen molar-refractivity contribution in [2.45, 2.75) is 19.9 Å². The molecule has 1 aliphatic heterocycles. The lowest BCUT2D eigenvalue weighted by atomic mass is 9.95. The third-order valence-electron chi connectivity index (χ3n) is 4.79. The number of anilines is 1. The van der Waals surface area contributed by atoms with Crippen molar-refractivity contribution < 1.29 is 19.4 Å². The van der Waals surface area contributed by atoms with Crippen LogP contribution in [-0.2, 0) is 9.59 Å². The molecule has 158 valence electrons. The molecule has 4 rings (SSSR count). The highest BCUT2D eigenvalue weighted by molar-refractivity contribution is 7.15. The maximum atomic E-state index is 13.0. The number of hydrogen-bond donors (Lipinski definition) is 1. The Balaban J connectivity index is 1.87. The first kappa shape index (κ1) is 21.0. The number of rotatable bonds is 5. The molecule has 0 saturated carbocycles. The third-order valence-corrected chi connectivity index (χ3v) is 5.88. The molecule has 0 aliphatic carbocycles. The molecule has 1 fully saturated rings. The van der Waals surface area contributed by atoms with E-state index in [0.717, 1.165) is 0 Å². The second kappa shape index (κ2) is 8.49. The minimum atomic E-state index is -0.865. The Bertz CT molecular complexity index is 1170. The first-order valence-electron chi connectivity index (χ1n) is 9.50. The number of halogens is 1. The van der Waals surface area contributed by atoms with Gasteiger partial charge >= 0.3 is 5.91 Å². The predicted octanol–water partition coefficient (Wildman–Crippen LogP) is 4.52. The van der Waals surface area contributed by atoms with Gasteiger partial charge in [-0.05, 0) is 55.8 Å². The fourth-order valence-electron chi connectivity index (χ4n) is 3.40. The summed E-state index contributed by atoms with van der Waals surface area (Å²) in [5, 5.41) is 20.5. The molecular formula is C22H18ClN3O4S. The predicted molar refractivity (Wildman–Crippen MR) is 118 cm³/mol. The van der Waals surface area contributed by atoms with Gasteiger partial charge in [-0.1, -0.05) is 35.1 Å². The summed E-state index contributed by atoms with van der Waals surface area (Å²) >= 11 is 7.22. The first-order valence-corrected chi connectivity index (χ1v) is 10.7. The van der Waals surface area contributed by atoms with Crippen molar-refractivity contribution in [3.63, 3.8) is 0 Å². The van der Waals surface area contributed by atoms with E-state index in [1.54, 1.807) is 55.5 Å². The van der Waals surface area contributed by atoms with Gasteiger partial charge in [-0.25, -0.2) is 0 Å². The molecule has 7 nitrogen and oxygen atoms in total. The molecule has 0 radical (unpaired) electrons. The van der Waals surface area contributed by atoms with Gasteiger partial charge in [-0.15, -0.1) is 10.2 Å². The number of Topliss-reactive ketones (excluding diaryl/α,β-unsaturated/α-hetero) is 1. The zero-order chi connectivity index (χ0) is 22.1. The molecular weight excluding hydrogens is 438 g/mol. The van der Waals surface area contributed by atoms with Crippen LogP contribution in [-0.4, -0.2) is 33.6 Å². The van der Waals surface area contributed by atoms with E-state index in [9.17, 15) is 14.7 Å². The van der Waals surface area contributed by atoms with Crippen LogP contribution < -0.4 is 9.64 Å². The van der Waals surface area contributed by atoms with Gasteiger partial charge in [-0.2, -0.15) is 0 Å². The van der Waals surface area contributed by atoms with Crippen molar-refractivity contribution in [2.24, 2.45) is 0 Å². The number of hydrogen-bond acceptors (Lipinski definition) is 7. The SMILES string of the molecule is CCOc1ccc(C(O)=C2C(=O)C(=O)N(c3nnc(C)s3)C2c2ccc(Cl)cc2)cc1. The van der Waals surface area contributed by atoms with Crippen LogP contribution >= 0.6 is 22.9 Å². The van der Waals surface area contributed by atoms with Crippen molar-refractivity contribution in [2.75, 3.05) is 11.5 Å². The molecule has 2 aromatic carbocycles. The number of amides is 1. The van der Waals surface area contributed by atoms with Crippen LogP contribution in [0, 0.1) is 6.92 Å². The Labute approximate surface area is 187 Å². The van der Waals surface area contributed by atoms with Crippen molar-refractivity contribution >= 4 is 45.5 Å². The average molecular weight is 456 g/mol. The quantitative estimate of drug-likeness (QED) is 0.345. The molecule has 3 aromatic rings. The summed E-state index contributed by atoms with van der Waals surface area (Å²) in [4.78, 5) is 27.3. The Kier molecular flexibility index (Phi) is 5.75. The standard InChI is InChI=1S/C22H18ClN3O4S/c1-3-30-16-10-6-14(7-11-16)19(27)17-18(13-4-8-15(23)9-5-13)26(21(29)20(17)28)22-25-24-12(2)31-22/h4-11,18,27H,3H2,1-2H3. The molecule has 1 N–H and O–H groups in total. The maximum absolute atomic E-state index is 13.0. The second-order valence-electron chi connectivity index (χ2n) is 6.78. The number of nitrogens with zero attached hydrogens (tertiary/aromatic N) is 3. The van der Waals surface area contributed by atoms with Crippen LogP contribution in [0.25, 0.3) is 5.76 Å². The summed E-state index contributed by atoms with van der Waals surface area (Å²) in [5.41, 5.74) is 0.988. The van der Waals surface area contributed by atoms with Crippen LogP contribution in [0.4, 0.5) is 5.13 Å². The molecule has 1 atom stereocenters. The van der Waals surface area contributed by atoms with E-state index < -0.39 is 17.7 Å². The number of aryl methyl sites for hydroxylation is 1. The lowest BCUT2D eigenvalue weighted by Gasteiger charge is -2.22. The number of aliphatic hydroxyl groups excluding tert-OH is 1. The van der Waals surface area contributed by atoms with E-state index in [1.807, 2.05) is 6.92 Å². The van der Waals surface area contributed by atoms with E-state index in [2.05, 4.69) is 10.2 Å². The average Bonchev–Trinajstić information content (AvgIpc) is 3.30. The molecule has 2 heterocycles. The summed E-state index contributed by atoms with van der Waals surface area (Å²) < 4.78 is 5.43. The lowest BCUT2D eigenvalue weighted by Crippen LogP contribution is -2.29. The normalized spacial score (nSPS) is 17.9. The molecule has 31 heavy (non-hydrogen) atoms. The topological polar surface area (TPSA) is 92.6 Å². The third kappa shape index (κ3) is 3.92. The molecule has 1 aromatic heterocycles. The van der Waals surface area contributed by atoms with Crippen LogP contribution in [0.1, 0.15) is 29.1 Å². The van der Waals surface area contributed by atoms with Gasteiger partial charge in [0.1, 0.15) is 16.5 Å². The number of aliphatic hydroxyl groups is 1. The number of aromatic nitrogens is 2. The Morgan fingerprint density at radius 2 is 1.81 bits per heavy atom. The zero-order valence-electron chi connectivity index (χ0n) is 16.7. The molecule has 1 saturated heterocycles. The van der Waals surface area contributed by atoms with Gasteiger partial charge in [0, 0.05) is 10.6 Å². The van der Waals surface area contributed by atoms with Gasteiger partial charge in [0.2, 0.25) is 5.13 Å². The molecule has 1 amide bonds. The van der Waals surface area contributed by atoms with E-state index in [-0.39, 0.29) is 16.5 Å². The fraction of sp³-hybridized carbons (Fsp3) is 0.182. The van der Waals surface area contributed by atoms with Crippen molar-refractivity contribution in [3.05, 3.63) is 75.3 Å². The van der Waals surface area contributed by atoms with E-state index >= 15 is 0 Å². The van der Waals surface area contributed by atoms with Crippen LogP contribution in [0.2, 0.25) is 5.02 Å². The molecule has 1 unspecified atom stereocenters. The summed E-state index contributed by atoms with van der Waals surface area (Å²) in [6.45, 7) is 4.14. The van der Waals surface area contributed by atoms with Gasteiger partial charge in [0.25, 0.3) is 5.78 Å². The van der Waals surface area contributed by atoms with Gasteiger partial charge in [-0.3, -0.25) is 14.5 Å². The molecule has 0 spiro atoms. The van der Waals surface area contributed by atoms with Crippen LogP contribution in [0.5, 0.6) is 5.75 Å². The number of carbonyl (C=O) groups is 2. The van der Waals surface area contributed by atoms with Gasteiger partial charge in [0.15, 0.2) is 0 Å². The number of benzene rings is 2. The first-order chi connectivity index (χ1) is 14.9. The summed E-state index contributed by atoms with van der Waals surface area (Å²) in [6.07, 6.45) is 0. The Morgan fingerprint density at radius 3 is 2.39 bits per heavy atom. The van der Waals surface area contributed by atoms with Crippen molar-refractivity contribution in [3.8, 4) is 5.75 Å². The summed E-state index contributed by atoms with van der Waals surface area (Å²) in [7, 11) is 0. The monoisotopic (exact) mass is 455 g/mol. The zero-order valence-corrected chi connectivity index (χ0v) is 18.3. The highest BCUT2D eigenvalue weighted by Crippen LogP contribution is 2.43. The minimum Gasteiger partial charge on any atom is -0.507 e. The van der Waals surface area contributed by atoms with E-state index in [0.29, 0.717) is 33.5 Å². The number of ketones is 1. The number of ether oxygens (including phenoxy) is 1. The van der Waals surface area contributed by atoms with E-state index in [4.69, 9.17) is 16.3 Å². The van der Waals surface area contributed by atoms with Crippen LogP contribution in [0.15, 0.2) is 54.1 Å². The Morgan fingerprint density at radius 1 is 1.13 bits per heavy atom. The smallest absolute Gasteiger partial charge is 0.301 e. The molecule has 0 bridgehead atoms. The Hall–Kier alpha value is -3.23. The second-order valence-corrected chi connectivity index (χ2v) is 8.38. The van der Waals surface area contributed by atoms with Crippen LogP contribution in [0.3, 0.4) is 0 Å².